The van der Waals surface area contributed by atoms with Crippen molar-refractivity contribution in [1.29, 1.82) is 0 Å². The molecule has 0 bridgehead atoms. The van der Waals surface area contributed by atoms with Crippen LogP contribution in [0.5, 0.6) is 0 Å². The zero-order chi connectivity index (χ0) is 39.1. The van der Waals surface area contributed by atoms with Crippen molar-refractivity contribution in [2.45, 2.75) is 30.2 Å². The standard InChI is InChI=1S/C39H37N9O7S/c1-56(54,55)27-14-8-24(9-15-27)30-6-3-7-32-42-39(44-48(30)32)41-25-10-12-26(13-11-25)45-20-22-46(23-21-45)34(50)18-19-40-29-5-2-4-28-35(29)38(53)47(37(28)52)31-16-17-33(49)43-36(31)51/h2-15,31,40H,16-23H2,1H3,(H,41,44)(H,43,49,51). The van der Waals surface area contributed by atoms with Gasteiger partial charge in [0.2, 0.25) is 23.7 Å². The molecule has 0 radical (unpaired) electrons. The van der Waals surface area contributed by atoms with E-state index in [1.807, 2.05) is 47.4 Å². The van der Waals surface area contributed by atoms with Gasteiger partial charge < -0.3 is 20.4 Å². The van der Waals surface area contributed by atoms with Crippen LogP contribution in [0.2, 0.25) is 0 Å². The highest BCUT2D eigenvalue weighted by Gasteiger charge is 2.45. The van der Waals surface area contributed by atoms with Gasteiger partial charge in [0.25, 0.3) is 11.8 Å². The Hall–Kier alpha value is -6.62. The van der Waals surface area contributed by atoms with E-state index in [0.717, 1.165) is 27.5 Å². The molecule has 3 aromatic carbocycles. The summed E-state index contributed by atoms with van der Waals surface area (Å²) >= 11 is 0. The fourth-order valence-electron chi connectivity index (χ4n) is 7.27. The third-order valence-corrected chi connectivity index (χ3v) is 11.3. The number of benzene rings is 3. The van der Waals surface area contributed by atoms with Crippen LogP contribution in [-0.4, -0.2) is 107 Å². The lowest BCUT2D eigenvalue weighted by molar-refractivity contribution is -0.136. The van der Waals surface area contributed by atoms with Gasteiger partial charge >= 0.3 is 0 Å². The van der Waals surface area contributed by atoms with Crippen molar-refractivity contribution in [3.8, 4) is 11.3 Å². The first-order valence-corrected chi connectivity index (χ1v) is 20.0. The van der Waals surface area contributed by atoms with Crippen LogP contribution >= 0.6 is 0 Å². The lowest BCUT2D eigenvalue weighted by Crippen LogP contribution is -2.54. The van der Waals surface area contributed by atoms with E-state index in [9.17, 15) is 32.4 Å². The molecule has 1 unspecified atom stereocenters. The molecule has 56 heavy (non-hydrogen) atoms. The van der Waals surface area contributed by atoms with Gasteiger partial charge in [-0.15, -0.1) is 5.10 Å². The predicted molar refractivity (Wildman–Crippen MR) is 206 cm³/mol. The molecule has 5 heterocycles. The van der Waals surface area contributed by atoms with Crippen LogP contribution in [0.25, 0.3) is 16.9 Å². The van der Waals surface area contributed by atoms with E-state index in [1.165, 1.54) is 12.3 Å². The Morgan fingerprint density at radius 2 is 1.61 bits per heavy atom. The zero-order valence-corrected chi connectivity index (χ0v) is 31.1. The molecule has 0 saturated carbocycles. The number of nitrogens with zero attached hydrogens (tertiary/aromatic N) is 6. The van der Waals surface area contributed by atoms with Crippen molar-refractivity contribution in [3.63, 3.8) is 0 Å². The Labute approximate surface area is 321 Å². The Morgan fingerprint density at radius 3 is 2.32 bits per heavy atom. The average Bonchev–Trinajstić information content (AvgIpc) is 3.72. The summed E-state index contributed by atoms with van der Waals surface area (Å²) in [6.45, 7) is 2.61. The molecule has 16 nitrogen and oxygen atoms in total. The van der Waals surface area contributed by atoms with E-state index < -0.39 is 39.5 Å². The zero-order valence-electron chi connectivity index (χ0n) is 30.3. The summed E-state index contributed by atoms with van der Waals surface area (Å²) < 4.78 is 25.5. The second-order valence-corrected chi connectivity index (χ2v) is 15.8. The number of pyridine rings is 1. The third-order valence-electron chi connectivity index (χ3n) is 10.2. The van der Waals surface area contributed by atoms with Crippen molar-refractivity contribution in [2.75, 3.05) is 54.5 Å². The lowest BCUT2D eigenvalue weighted by Gasteiger charge is -2.36. The van der Waals surface area contributed by atoms with E-state index in [-0.39, 0.29) is 47.7 Å². The number of piperidine rings is 1. The number of carbonyl (C=O) groups is 5. The Morgan fingerprint density at radius 1 is 0.875 bits per heavy atom. The molecular weight excluding hydrogens is 739 g/mol. The van der Waals surface area contributed by atoms with Crippen LogP contribution in [-0.2, 0) is 24.2 Å². The maximum absolute atomic E-state index is 13.4. The van der Waals surface area contributed by atoms with Gasteiger partial charge in [-0.2, -0.15) is 4.98 Å². The first-order valence-electron chi connectivity index (χ1n) is 18.1. The molecule has 3 aliphatic rings. The monoisotopic (exact) mass is 775 g/mol. The summed E-state index contributed by atoms with van der Waals surface area (Å²) in [4.78, 5) is 73.5. The summed E-state index contributed by atoms with van der Waals surface area (Å²) in [5.74, 6) is -1.92. The summed E-state index contributed by atoms with van der Waals surface area (Å²) in [6, 6.07) is 23.9. The molecule has 2 fully saturated rings. The lowest BCUT2D eigenvalue weighted by atomic mass is 10.0. The summed E-state index contributed by atoms with van der Waals surface area (Å²) in [6.07, 6.45) is 1.46. The number of hydrogen-bond donors (Lipinski definition) is 3. The summed E-state index contributed by atoms with van der Waals surface area (Å²) in [5, 5.41) is 13.2. The number of hydrogen-bond acceptors (Lipinski definition) is 12. The quantitative estimate of drug-likeness (QED) is 0.176. The number of anilines is 4. The SMILES string of the molecule is CS(=O)(=O)c1ccc(-c2cccc3nc(Nc4ccc(N5CCN(C(=O)CCNc6cccc7c6C(=O)N(C6CCC(=O)NC6=O)C7=O)CC5)cc4)nn23)cc1. The van der Waals surface area contributed by atoms with E-state index in [1.54, 1.807) is 40.9 Å². The highest BCUT2D eigenvalue weighted by atomic mass is 32.2. The molecule has 5 aromatic rings. The molecule has 286 valence electrons. The predicted octanol–water partition coefficient (Wildman–Crippen LogP) is 3.10. The highest BCUT2D eigenvalue weighted by molar-refractivity contribution is 7.90. The van der Waals surface area contributed by atoms with Crippen LogP contribution in [0.15, 0.2) is 89.8 Å². The topological polar surface area (TPSA) is 195 Å². The van der Waals surface area contributed by atoms with Crippen LogP contribution in [0.1, 0.15) is 40.0 Å². The molecule has 2 aromatic heterocycles. The number of aromatic nitrogens is 3. The van der Waals surface area contributed by atoms with E-state index in [4.69, 9.17) is 0 Å². The van der Waals surface area contributed by atoms with Gasteiger partial charge in [0.1, 0.15) is 6.04 Å². The second-order valence-electron chi connectivity index (χ2n) is 13.8. The highest BCUT2D eigenvalue weighted by Crippen LogP contribution is 2.32. The molecule has 0 aliphatic carbocycles. The van der Waals surface area contributed by atoms with Crippen LogP contribution in [0, 0.1) is 0 Å². The first kappa shape index (κ1) is 36.4. The van der Waals surface area contributed by atoms with Crippen LogP contribution in [0.4, 0.5) is 23.0 Å². The van der Waals surface area contributed by atoms with Gasteiger partial charge in [0.15, 0.2) is 15.5 Å². The fourth-order valence-corrected chi connectivity index (χ4v) is 7.90. The molecule has 3 N–H and O–H groups in total. The van der Waals surface area contributed by atoms with Crippen molar-refractivity contribution in [1.82, 2.24) is 29.7 Å². The van der Waals surface area contributed by atoms with Gasteiger partial charge in [-0.25, -0.2) is 12.9 Å². The largest absolute Gasteiger partial charge is 0.384 e. The molecule has 5 amide bonds. The third kappa shape index (κ3) is 7.03. The van der Waals surface area contributed by atoms with Crippen molar-refractivity contribution in [2.24, 2.45) is 0 Å². The number of rotatable bonds is 10. The minimum absolute atomic E-state index is 0.0362. The molecule has 17 heteroatoms. The molecular formula is C39H37N9O7S. The molecule has 1 atom stereocenters. The normalized spacial score (nSPS) is 17.3. The van der Waals surface area contributed by atoms with Gasteiger partial charge in [-0.3, -0.25) is 34.2 Å². The number of imide groups is 2. The number of fused-ring (bicyclic) bond motifs is 2. The number of piperazine rings is 1. The minimum Gasteiger partial charge on any atom is -0.384 e. The number of sulfone groups is 1. The average molecular weight is 776 g/mol. The van der Waals surface area contributed by atoms with Crippen molar-refractivity contribution in [3.05, 3.63) is 96.1 Å². The number of amides is 5. The van der Waals surface area contributed by atoms with E-state index >= 15 is 0 Å². The second kappa shape index (κ2) is 14.6. The van der Waals surface area contributed by atoms with Gasteiger partial charge in [0, 0.05) is 74.4 Å². The molecule has 3 aliphatic heterocycles. The maximum atomic E-state index is 13.4. The van der Waals surface area contributed by atoms with E-state index in [0.29, 0.717) is 43.5 Å². The first-order chi connectivity index (χ1) is 26.9. The Bertz CT molecular complexity index is 2510. The van der Waals surface area contributed by atoms with Crippen molar-refractivity contribution >= 4 is 68.0 Å². The van der Waals surface area contributed by atoms with Gasteiger partial charge in [-0.05, 0) is 67.1 Å². The molecule has 2 saturated heterocycles. The molecule has 0 spiro atoms. The Balaban J connectivity index is 0.835. The van der Waals surface area contributed by atoms with E-state index in [2.05, 4.69) is 30.9 Å². The fraction of sp³-hybridized carbons (Fsp3) is 0.256. The van der Waals surface area contributed by atoms with Gasteiger partial charge in [-0.1, -0.05) is 24.3 Å². The smallest absolute Gasteiger partial charge is 0.264 e. The maximum Gasteiger partial charge on any atom is 0.264 e. The summed E-state index contributed by atoms with van der Waals surface area (Å²) in [7, 11) is -3.31. The number of carbonyl (C=O) groups excluding carboxylic acids is 5. The molecule has 8 rings (SSSR count). The van der Waals surface area contributed by atoms with Gasteiger partial charge in [0.05, 0.1) is 21.7 Å². The van der Waals surface area contributed by atoms with Crippen molar-refractivity contribution < 1.29 is 32.4 Å². The Kier molecular flexibility index (Phi) is 9.45. The van der Waals surface area contributed by atoms with Crippen LogP contribution < -0.4 is 20.9 Å². The number of nitrogens with one attached hydrogen (secondary N) is 3. The minimum atomic E-state index is -3.31. The van der Waals surface area contributed by atoms with Crippen LogP contribution in [0.3, 0.4) is 0 Å². The summed E-state index contributed by atoms with van der Waals surface area (Å²) in [5.41, 5.74) is 4.74.